The molecule has 1 N–H and O–H groups in total. The van der Waals surface area contributed by atoms with E-state index >= 15 is 0 Å². The Balaban J connectivity index is 2.33. The van der Waals surface area contributed by atoms with Crippen molar-refractivity contribution in [2.75, 3.05) is 5.32 Å². The zero-order valence-corrected chi connectivity index (χ0v) is 13.4. The third-order valence-electron chi connectivity index (χ3n) is 2.59. The number of amides is 1. The summed E-state index contributed by atoms with van der Waals surface area (Å²) in [7, 11) is 0. The molecule has 0 aliphatic heterocycles. The minimum absolute atomic E-state index is 0.0311. The zero-order valence-electron chi connectivity index (χ0n) is 10.3. The number of carbonyl (C=O) groups is 1. The number of rotatable bonds is 3. The number of halogens is 3. The Morgan fingerprint density at radius 1 is 1.19 bits per heavy atom. The van der Waals surface area contributed by atoms with Gasteiger partial charge in [0, 0.05) is 21.1 Å². The van der Waals surface area contributed by atoms with Crippen molar-refractivity contribution in [3.05, 3.63) is 66.6 Å². The summed E-state index contributed by atoms with van der Waals surface area (Å²) >= 11 is 14.9. The maximum absolute atomic E-state index is 12.1. The van der Waals surface area contributed by atoms with Crippen LogP contribution in [-0.2, 0) is 0 Å². The fourth-order valence-corrected chi connectivity index (χ4v) is 2.27. The fourth-order valence-electron chi connectivity index (χ4n) is 1.60. The second-order valence-corrected chi connectivity index (χ2v) is 5.70. The number of carbonyl (C=O) groups excluding carboxylic acids is 1. The first kappa shape index (κ1) is 15.8. The summed E-state index contributed by atoms with van der Waals surface area (Å²) in [4.78, 5) is 22.5. The lowest BCUT2D eigenvalue weighted by atomic mass is 10.2. The third kappa shape index (κ3) is 3.72. The van der Waals surface area contributed by atoms with Crippen molar-refractivity contribution in [1.82, 2.24) is 0 Å². The minimum atomic E-state index is -0.594. The van der Waals surface area contributed by atoms with Crippen LogP contribution in [-0.4, -0.2) is 10.8 Å². The van der Waals surface area contributed by atoms with E-state index in [0.29, 0.717) is 15.1 Å². The van der Waals surface area contributed by atoms with E-state index in [-0.39, 0.29) is 16.4 Å². The molecule has 0 aliphatic carbocycles. The van der Waals surface area contributed by atoms with Crippen molar-refractivity contribution >= 4 is 56.4 Å². The van der Waals surface area contributed by atoms with Crippen LogP contribution < -0.4 is 5.32 Å². The molecular formula is C13H7BrCl2N2O3. The van der Waals surface area contributed by atoms with Gasteiger partial charge in [-0.2, -0.15) is 0 Å². The molecule has 0 heterocycles. The van der Waals surface area contributed by atoms with Gasteiger partial charge in [0.25, 0.3) is 11.6 Å². The van der Waals surface area contributed by atoms with Gasteiger partial charge in [0.1, 0.15) is 5.69 Å². The standard InChI is InChI=1S/C13H7BrCl2N2O3/c14-9-5-7(1-3-10(9)16)13(19)17-11-6-8(15)2-4-12(11)18(20)21/h1-6H,(H,17,19). The summed E-state index contributed by atoms with van der Waals surface area (Å²) in [5, 5.41) is 14.1. The summed E-state index contributed by atoms with van der Waals surface area (Å²) in [5.74, 6) is -0.502. The molecule has 0 radical (unpaired) electrons. The van der Waals surface area contributed by atoms with Crippen LogP contribution in [0.15, 0.2) is 40.9 Å². The number of nitro benzene ring substituents is 1. The summed E-state index contributed by atoms with van der Waals surface area (Å²) in [6.45, 7) is 0. The number of anilines is 1. The molecule has 0 aromatic heterocycles. The van der Waals surface area contributed by atoms with Gasteiger partial charge in [-0.1, -0.05) is 23.2 Å². The van der Waals surface area contributed by atoms with Gasteiger partial charge in [0.05, 0.1) is 9.95 Å². The average Bonchev–Trinajstić information content (AvgIpc) is 2.41. The van der Waals surface area contributed by atoms with Gasteiger partial charge in [-0.05, 0) is 46.3 Å². The quantitative estimate of drug-likeness (QED) is 0.598. The van der Waals surface area contributed by atoms with E-state index in [9.17, 15) is 14.9 Å². The predicted octanol–water partition coefficient (Wildman–Crippen LogP) is 4.92. The molecule has 21 heavy (non-hydrogen) atoms. The molecule has 0 fully saturated rings. The molecule has 2 rings (SSSR count). The van der Waals surface area contributed by atoms with Crippen LogP contribution in [0.3, 0.4) is 0 Å². The molecule has 2 aromatic carbocycles. The molecule has 5 nitrogen and oxygen atoms in total. The van der Waals surface area contributed by atoms with E-state index < -0.39 is 10.8 Å². The van der Waals surface area contributed by atoms with E-state index in [1.54, 1.807) is 6.07 Å². The first-order chi connectivity index (χ1) is 9.88. The Morgan fingerprint density at radius 2 is 1.90 bits per heavy atom. The van der Waals surface area contributed by atoms with Crippen molar-refractivity contribution in [2.45, 2.75) is 0 Å². The number of nitro groups is 1. The van der Waals surface area contributed by atoms with Gasteiger partial charge in [-0.25, -0.2) is 0 Å². The van der Waals surface area contributed by atoms with E-state index in [2.05, 4.69) is 21.2 Å². The van der Waals surface area contributed by atoms with Crippen LogP contribution in [0.25, 0.3) is 0 Å². The molecule has 0 saturated carbocycles. The number of nitrogens with zero attached hydrogens (tertiary/aromatic N) is 1. The lowest BCUT2D eigenvalue weighted by Gasteiger charge is -2.07. The van der Waals surface area contributed by atoms with Crippen molar-refractivity contribution in [3.63, 3.8) is 0 Å². The van der Waals surface area contributed by atoms with Gasteiger partial charge in [-0.15, -0.1) is 0 Å². The molecule has 2 aromatic rings. The van der Waals surface area contributed by atoms with E-state index in [4.69, 9.17) is 23.2 Å². The molecular weight excluding hydrogens is 383 g/mol. The van der Waals surface area contributed by atoms with Crippen molar-refractivity contribution in [2.24, 2.45) is 0 Å². The van der Waals surface area contributed by atoms with Crippen LogP contribution >= 0.6 is 39.1 Å². The van der Waals surface area contributed by atoms with Crippen LogP contribution in [0.1, 0.15) is 10.4 Å². The summed E-state index contributed by atoms with van der Waals surface area (Å²) < 4.78 is 0.553. The summed E-state index contributed by atoms with van der Waals surface area (Å²) in [5.41, 5.74) is 0.102. The predicted molar refractivity (Wildman–Crippen MR) is 85.2 cm³/mol. The smallest absolute Gasteiger partial charge is 0.292 e. The lowest BCUT2D eigenvalue weighted by Crippen LogP contribution is -2.13. The lowest BCUT2D eigenvalue weighted by molar-refractivity contribution is -0.383. The maximum atomic E-state index is 12.1. The summed E-state index contributed by atoms with van der Waals surface area (Å²) in [6.07, 6.45) is 0. The van der Waals surface area contributed by atoms with Crippen molar-refractivity contribution in [3.8, 4) is 0 Å². The van der Waals surface area contributed by atoms with Gasteiger partial charge in [0.2, 0.25) is 0 Å². The van der Waals surface area contributed by atoms with Gasteiger partial charge < -0.3 is 5.32 Å². The minimum Gasteiger partial charge on any atom is -0.316 e. The van der Waals surface area contributed by atoms with E-state index in [0.717, 1.165) is 0 Å². The molecule has 0 unspecified atom stereocenters. The molecule has 108 valence electrons. The van der Waals surface area contributed by atoms with E-state index in [1.807, 2.05) is 0 Å². The molecule has 0 atom stereocenters. The molecule has 8 heteroatoms. The first-order valence-corrected chi connectivity index (χ1v) is 7.13. The first-order valence-electron chi connectivity index (χ1n) is 5.59. The Hall–Kier alpha value is -1.63. The molecule has 0 spiro atoms. The molecule has 0 saturated heterocycles. The van der Waals surface area contributed by atoms with Crippen LogP contribution in [0.4, 0.5) is 11.4 Å². The van der Waals surface area contributed by atoms with Crippen molar-refractivity contribution < 1.29 is 9.72 Å². The van der Waals surface area contributed by atoms with Crippen LogP contribution in [0.2, 0.25) is 10.0 Å². The van der Waals surface area contributed by atoms with Crippen LogP contribution in [0, 0.1) is 10.1 Å². The second kappa shape index (κ2) is 6.43. The summed E-state index contributed by atoms with van der Waals surface area (Å²) in [6, 6.07) is 8.52. The Kier molecular flexibility index (Phi) is 4.82. The highest BCUT2D eigenvalue weighted by atomic mass is 79.9. The Bertz CT molecular complexity index is 737. The van der Waals surface area contributed by atoms with Crippen LogP contribution in [0.5, 0.6) is 0 Å². The van der Waals surface area contributed by atoms with Gasteiger partial charge in [0.15, 0.2) is 0 Å². The highest BCUT2D eigenvalue weighted by Gasteiger charge is 2.17. The highest BCUT2D eigenvalue weighted by Crippen LogP contribution is 2.29. The van der Waals surface area contributed by atoms with E-state index in [1.165, 1.54) is 30.3 Å². The normalized spacial score (nSPS) is 10.2. The number of benzene rings is 2. The third-order valence-corrected chi connectivity index (χ3v) is 4.03. The monoisotopic (exact) mass is 388 g/mol. The molecule has 1 amide bonds. The largest absolute Gasteiger partial charge is 0.316 e. The SMILES string of the molecule is O=C(Nc1cc(Cl)ccc1[N+](=O)[O-])c1ccc(Cl)c(Br)c1. The highest BCUT2D eigenvalue weighted by molar-refractivity contribution is 9.10. The average molecular weight is 390 g/mol. The van der Waals surface area contributed by atoms with Gasteiger partial charge in [-0.3, -0.25) is 14.9 Å². The fraction of sp³-hybridized carbons (Fsp3) is 0. The Labute approximate surface area is 138 Å². The topological polar surface area (TPSA) is 72.2 Å². The number of hydrogen-bond acceptors (Lipinski definition) is 3. The number of nitrogens with one attached hydrogen (secondary N) is 1. The Morgan fingerprint density at radius 3 is 2.52 bits per heavy atom. The molecule has 0 aliphatic rings. The zero-order chi connectivity index (χ0) is 15.6. The van der Waals surface area contributed by atoms with Crippen molar-refractivity contribution in [1.29, 1.82) is 0 Å². The van der Waals surface area contributed by atoms with Gasteiger partial charge >= 0.3 is 0 Å². The number of hydrogen-bond donors (Lipinski definition) is 1. The maximum Gasteiger partial charge on any atom is 0.292 e. The molecule has 0 bridgehead atoms. The second-order valence-electron chi connectivity index (χ2n) is 4.00.